The van der Waals surface area contributed by atoms with Gasteiger partial charge >= 0.3 is 0 Å². The van der Waals surface area contributed by atoms with Gasteiger partial charge in [-0.3, -0.25) is 4.98 Å². The van der Waals surface area contributed by atoms with E-state index in [4.69, 9.17) is 28.2 Å². The van der Waals surface area contributed by atoms with Gasteiger partial charge in [-0.25, -0.2) is 79.3 Å². The normalized spacial score (nSPS) is 24.5. The number of hydrogen-bond acceptors (Lipinski definition) is 20. The molecular formula is C69H83Cl2N17O6S3. The average molecular weight is 1410 g/mol. The average Bonchev–Trinajstić information content (AvgIpc) is 1.70. The third-order valence-electron chi connectivity index (χ3n) is 20.7. The Labute approximate surface area is 579 Å². The maximum Gasteiger partial charge on any atom is 0.209 e. The zero-order chi connectivity index (χ0) is 67.7. The number of nitrogens with one attached hydrogen (secondary N) is 3. The highest BCUT2D eigenvalue weighted by Crippen LogP contribution is 2.44. The van der Waals surface area contributed by atoms with Gasteiger partial charge < -0.3 is 24.5 Å². The lowest BCUT2D eigenvalue weighted by molar-refractivity contribution is 0.330. The van der Waals surface area contributed by atoms with Gasteiger partial charge in [0.05, 0.1) is 58.6 Å². The molecule has 512 valence electrons. The quantitative estimate of drug-likeness (QED) is 0.0973. The predicted octanol–water partition coefficient (Wildman–Crippen LogP) is 8.25. The monoisotopic (exact) mass is 1410 g/mol. The van der Waals surface area contributed by atoms with E-state index in [1.165, 1.54) is 41.2 Å². The first-order valence-corrected chi connectivity index (χ1v) is 40.1. The molecule has 6 aromatic heterocycles. The zero-order valence-corrected chi connectivity index (χ0v) is 59.5. The molecule has 16 rings (SSSR count). The van der Waals surface area contributed by atoms with Crippen LogP contribution < -0.4 is 38.7 Å². The highest BCUT2D eigenvalue weighted by Gasteiger charge is 2.45. The lowest BCUT2D eigenvalue weighted by Gasteiger charge is -2.42. The Bertz CT molecular complexity index is 4540. The number of sulfonamides is 3. The molecule has 0 radical (unpaired) electrons. The first-order valence-electron chi connectivity index (χ1n) is 33.7. The third kappa shape index (κ3) is 14.6. The molecule has 3 unspecified atom stereocenters. The van der Waals surface area contributed by atoms with Crippen LogP contribution in [0.25, 0.3) is 23.8 Å². The van der Waals surface area contributed by atoms with Gasteiger partial charge in [-0.15, -0.1) is 0 Å². The summed E-state index contributed by atoms with van der Waals surface area (Å²) in [5.74, 6) is 2.56. The molecule has 3 fully saturated rings. The van der Waals surface area contributed by atoms with Crippen molar-refractivity contribution in [1.29, 1.82) is 0 Å². The van der Waals surface area contributed by atoms with E-state index >= 15 is 0 Å². The standard InChI is InChI=1S/C24H30N6O2S.C23H26ClN5O2S.C22H27ClN6O2S/c1-15-10-21-19(13-30(15)22-8-9-25-20-5-3-4-18(20)22)24(27-14-26-21)29-11-16-6-7-17(12-29)23(16)28-33(2,31)32;1-14-10-20-18(12-29(14)21-11-22(24)27-19-5-3-4-17(19)21)23(26-13-25-20)15-6-8-16(9-7-15)28-32(2,30)31;1-14-9-19-17(12-29(14)20-10-21(23)26-18-7-3-6-16(18)20)22(25-13-24-19)28-8-4-5-15(11-28)27-32(2,30)31/h3-4,8-9,14-17,23,28H,5-7,10-13H2,1-2H3;3-4,6,11,13-14,16,28H,5,7-10,12H2,1-2H3;3,6,10,13-15,27H,4-5,7-9,11-12H2,1-2H3/t15-,16?,17?,23?;14-,16?;14-,15-/m111/s1. The van der Waals surface area contributed by atoms with E-state index < -0.39 is 30.1 Å². The summed E-state index contributed by atoms with van der Waals surface area (Å²) in [4.78, 5) is 53.3. The van der Waals surface area contributed by atoms with E-state index in [0.717, 1.165) is 188 Å². The van der Waals surface area contributed by atoms with Crippen LogP contribution in [0.4, 0.5) is 28.7 Å². The van der Waals surface area contributed by atoms with Crippen LogP contribution in [-0.2, 0) is 88.2 Å². The van der Waals surface area contributed by atoms with E-state index in [1.54, 1.807) is 19.0 Å². The molecule has 28 heteroatoms. The van der Waals surface area contributed by atoms with E-state index in [9.17, 15) is 25.3 Å². The van der Waals surface area contributed by atoms with Crippen molar-refractivity contribution >= 4 is 106 Å². The van der Waals surface area contributed by atoms with Crippen LogP contribution in [0.5, 0.6) is 0 Å². The van der Waals surface area contributed by atoms with Crippen LogP contribution in [0, 0.1) is 11.8 Å². The fourth-order valence-corrected chi connectivity index (χ4v) is 19.3. The van der Waals surface area contributed by atoms with Crippen LogP contribution in [0.1, 0.15) is 139 Å². The second-order valence-corrected chi connectivity index (χ2v) is 33.9. The summed E-state index contributed by atoms with van der Waals surface area (Å²) >= 11 is 12.7. The largest absolute Gasteiger partial charge is 0.363 e. The Morgan fingerprint density at radius 1 is 0.505 bits per heavy atom. The SMILES string of the molecule is C[C@@H]1Cc2ncnc(C3=CCC(NS(C)(=O)=O)CC3)c2CN1c1cc(Cl)nc2c1C=CC2.C[C@@H]1Cc2ncnc(N3CC4CCC(C3)C4NS(C)(=O)=O)c2CN1c1ccnc2c1C=CC2.C[C@@H]1Cc2ncnc(N3CCC[C@@H](NS(C)(=O)=O)C3)c2CN1c1cc(Cl)nc2c1C=CC2. The number of fused-ring (bicyclic) bond motifs is 8. The molecule has 23 nitrogen and oxygen atoms in total. The van der Waals surface area contributed by atoms with Gasteiger partial charge in [0.1, 0.15) is 40.9 Å². The minimum absolute atomic E-state index is 0.0385. The number of hydrogen-bond donors (Lipinski definition) is 3. The van der Waals surface area contributed by atoms with Crippen molar-refractivity contribution in [3.8, 4) is 0 Å². The number of anilines is 5. The highest BCUT2D eigenvalue weighted by atomic mass is 35.5. The second kappa shape index (κ2) is 27.2. The van der Waals surface area contributed by atoms with Gasteiger partial charge in [-0.1, -0.05) is 65.7 Å². The highest BCUT2D eigenvalue weighted by molar-refractivity contribution is 7.89. The van der Waals surface area contributed by atoms with Crippen molar-refractivity contribution in [2.24, 2.45) is 11.8 Å². The number of pyridine rings is 3. The van der Waals surface area contributed by atoms with Gasteiger partial charge in [0.25, 0.3) is 0 Å². The summed E-state index contributed by atoms with van der Waals surface area (Å²) in [5, 5.41) is 1.03. The van der Waals surface area contributed by atoms with Crippen molar-refractivity contribution in [2.75, 3.05) is 69.4 Å². The van der Waals surface area contributed by atoms with Crippen LogP contribution in [-0.4, -0.2) is 151 Å². The molecule has 97 heavy (non-hydrogen) atoms. The lowest BCUT2D eigenvalue weighted by atomic mass is 9.89. The number of piperidine rings is 2. The Kier molecular flexibility index (Phi) is 18.9. The Hall–Kier alpha value is -7.04. The van der Waals surface area contributed by atoms with Gasteiger partial charge in [0, 0.05) is 177 Å². The fourth-order valence-electron chi connectivity index (χ4n) is 16.4. The maximum atomic E-state index is 11.9. The third-order valence-corrected chi connectivity index (χ3v) is 23.3. The molecule has 11 heterocycles. The summed E-state index contributed by atoms with van der Waals surface area (Å²) in [5.41, 5.74) is 19.0. The van der Waals surface area contributed by atoms with Crippen molar-refractivity contribution in [2.45, 2.75) is 160 Å². The first kappa shape index (κ1) is 67.2. The molecular weight excluding hydrogens is 1330 g/mol. The van der Waals surface area contributed by atoms with Crippen LogP contribution in [0.2, 0.25) is 10.3 Å². The molecule has 0 aromatic carbocycles. The Morgan fingerprint density at radius 3 is 1.53 bits per heavy atom. The summed E-state index contributed by atoms with van der Waals surface area (Å²) in [6.07, 6.45) is 36.7. The topological polar surface area (TPSA) is 271 Å². The number of rotatable bonds is 12. The second-order valence-electron chi connectivity index (χ2n) is 27.8. The van der Waals surface area contributed by atoms with E-state index in [-0.39, 0.29) is 30.2 Å². The molecule has 2 saturated heterocycles. The van der Waals surface area contributed by atoms with Gasteiger partial charge in [0.15, 0.2) is 0 Å². The summed E-state index contributed by atoms with van der Waals surface area (Å²) in [6, 6.07) is 6.76. The molecule has 5 aliphatic heterocycles. The van der Waals surface area contributed by atoms with Gasteiger partial charge in [-0.05, 0) is 101 Å². The zero-order valence-electron chi connectivity index (χ0n) is 55.5. The maximum absolute atomic E-state index is 11.9. The van der Waals surface area contributed by atoms with E-state index in [0.29, 0.717) is 54.2 Å². The molecule has 5 aliphatic carbocycles. The van der Waals surface area contributed by atoms with Crippen LogP contribution >= 0.6 is 23.2 Å². The van der Waals surface area contributed by atoms with E-state index in [2.05, 4.69) is 148 Å². The minimum Gasteiger partial charge on any atom is -0.363 e. The summed E-state index contributed by atoms with van der Waals surface area (Å²) < 4.78 is 78.8. The summed E-state index contributed by atoms with van der Waals surface area (Å²) in [7, 11) is -9.66. The molecule has 2 bridgehead atoms. The van der Waals surface area contributed by atoms with Crippen molar-refractivity contribution < 1.29 is 25.3 Å². The van der Waals surface area contributed by atoms with Gasteiger partial charge in [-0.2, -0.15) is 0 Å². The van der Waals surface area contributed by atoms with Crippen molar-refractivity contribution in [3.05, 3.63) is 151 Å². The van der Waals surface area contributed by atoms with Gasteiger partial charge in [0.2, 0.25) is 30.1 Å². The van der Waals surface area contributed by atoms with Crippen LogP contribution in [0.3, 0.4) is 0 Å². The van der Waals surface area contributed by atoms with Crippen molar-refractivity contribution in [3.63, 3.8) is 0 Å². The summed E-state index contributed by atoms with van der Waals surface area (Å²) in [6.45, 7) is 11.9. The number of halogens is 2. The molecule has 3 N–H and O–H groups in total. The molecule has 1 saturated carbocycles. The molecule has 6 aromatic rings. The predicted molar refractivity (Wildman–Crippen MR) is 382 cm³/mol. The molecule has 0 amide bonds. The number of nitrogens with zero attached hydrogens (tertiary/aromatic N) is 14. The molecule has 10 aliphatic rings. The Morgan fingerprint density at radius 2 is 0.990 bits per heavy atom. The fraction of sp³-hybridized carbons (Fsp3) is 0.493. The molecule has 0 spiro atoms. The van der Waals surface area contributed by atoms with Crippen molar-refractivity contribution in [1.82, 2.24) is 59.0 Å². The smallest absolute Gasteiger partial charge is 0.209 e. The van der Waals surface area contributed by atoms with E-state index in [1.807, 2.05) is 18.3 Å². The first-order chi connectivity index (χ1) is 46.4. The Balaban J connectivity index is 0.000000125. The number of allylic oxidation sites excluding steroid dienone is 4. The lowest BCUT2D eigenvalue weighted by Crippen LogP contribution is -2.53. The van der Waals surface area contributed by atoms with Crippen LogP contribution in [0.15, 0.2) is 67.7 Å². The minimum atomic E-state index is -3.25. The molecule has 7 atom stereocenters. The number of aromatic nitrogens is 9.